The van der Waals surface area contributed by atoms with E-state index in [0.717, 1.165) is 18.2 Å². The van der Waals surface area contributed by atoms with Crippen molar-refractivity contribution in [2.45, 2.75) is 25.8 Å². The molecule has 1 amide bonds. The second-order valence-corrected chi connectivity index (χ2v) is 4.36. The molecule has 1 atom stereocenters. The fourth-order valence-electron chi connectivity index (χ4n) is 1.41. The third-order valence-electron chi connectivity index (χ3n) is 2.37. The van der Waals surface area contributed by atoms with Gasteiger partial charge in [0.05, 0.1) is 0 Å². The van der Waals surface area contributed by atoms with Crippen LogP contribution in [0, 0.1) is 5.82 Å². The van der Waals surface area contributed by atoms with Gasteiger partial charge in [0.1, 0.15) is 5.82 Å². The highest BCUT2D eigenvalue weighted by molar-refractivity contribution is 9.09. The molecular weight excluding hydrogens is 273 g/mol. The summed E-state index contributed by atoms with van der Waals surface area (Å²) in [7, 11) is 0. The lowest BCUT2D eigenvalue weighted by Crippen LogP contribution is -2.34. The smallest absolute Gasteiger partial charge is 0.251 e. The third kappa shape index (κ3) is 3.93. The van der Waals surface area contributed by atoms with Crippen LogP contribution >= 0.6 is 15.9 Å². The number of carbonyl (C=O) groups excluding carboxylic acids is 1. The van der Waals surface area contributed by atoms with Crippen LogP contribution in [0.5, 0.6) is 0 Å². The molecule has 1 N–H and O–H groups in total. The van der Waals surface area contributed by atoms with Gasteiger partial charge in [0.15, 0.2) is 0 Å². The van der Waals surface area contributed by atoms with Crippen LogP contribution in [0.4, 0.5) is 4.39 Å². The molecule has 0 heterocycles. The van der Waals surface area contributed by atoms with Gasteiger partial charge in [0, 0.05) is 16.9 Å². The van der Waals surface area contributed by atoms with Gasteiger partial charge in [-0.3, -0.25) is 4.79 Å². The lowest BCUT2D eigenvalue weighted by atomic mass is 10.1. The summed E-state index contributed by atoms with van der Waals surface area (Å²) in [6.45, 7) is 2.01. The van der Waals surface area contributed by atoms with Crippen LogP contribution in [0.2, 0.25) is 0 Å². The molecule has 0 spiro atoms. The Morgan fingerprint density at radius 2 is 2.31 bits per heavy atom. The standard InChI is InChI=1S/C12H15BrFNO/c1-2-11(6-7-13)15-12(16)9-4-3-5-10(14)8-9/h3-5,8,11H,2,6-7H2,1H3,(H,15,16). The molecule has 0 saturated heterocycles. The first-order chi connectivity index (χ1) is 7.67. The third-order valence-corrected chi connectivity index (χ3v) is 2.83. The van der Waals surface area contributed by atoms with E-state index in [4.69, 9.17) is 0 Å². The average molecular weight is 288 g/mol. The van der Waals surface area contributed by atoms with E-state index in [-0.39, 0.29) is 17.8 Å². The maximum Gasteiger partial charge on any atom is 0.251 e. The summed E-state index contributed by atoms with van der Waals surface area (Å²) in [4.78, 5) is 11.7. The molecule has 4 heteroatoms. The molecule has 1 rings (SSSR count). The Kier molecular flexibility index (Phi) is 5.46. The molecule has 0 aliphatic rings. The molecule has 0 radical (unpaired) electrons. The van der Waals surface area contributed by atoms with Crippen molar-refractivity contribution in [2.75, 3.05) is 5.33 Å². The number of halogens is 2. The Morgan fingerprint density at radius 3 is 2.88 bits per heavy atom. The number of carbonyl (C=O) groups is 1. The first-order valence-electron chi connectivity index (χ1n) is 5.29. The van der Waals surface area contributed by atoms with Crippen LogP contribution in [-0.4, -0.2) is 17.3 Å². The average Bonchev–Trinajstić information content (AvgIpc) is 2.28. The minimum Gasteiger partial charge on any atom is -0.349 e. The number of hydrogen-bond donors (Lipinski definition) is 1. The van der Waals surface area contributed by atoms with Crippen LogP contribution in [0.1, 0.15) is 30.1 Å². The number of rotatable bonds is 5. The molecule has 0 aromatic heterocycles. The normalized spacial score (nSPS) is 12.2. The van der Waals surface area contributed by atoms with Gasteiger partial charge in [-0.25, -0.2) is 4.39 Å². The van der Waals surface area contributed by atoms with Gasteiger partial charge < -0.3 is 5.32 Å². The number of benzene rings is 1. The van der Waals surface area contributed by atoms with Crippen molar-refractivity contribution in [1.82, 2.24) is 5.32 Å². The minimum atomic E-state index is -0.388. The van der Waals surface area contributed by atoms with Crippen molar-refractivity contribution >= 4 is 21.8 Å². The zero-order chi connectivity index (χ0) is 12.0. The molecular formula is C12H15BrFNO. The van der Waals surface area contributed by atoms with Crippen LogP contribution in [0.25, 0.3) is 0 Å². The van der Waals surface area contributed by atoms with E-state index in [2.05, 4.69) is 21.2 Å². The summed E-state index contributed by atoms with van der Waals surface area (Å²) in [5.41, 5.74) is 0.369. The number of amides is 1. The number of alkyl halides is 1. The van der Waals surface area contributed by atoms with E-state index in [1.165, 1.54) is 18.2 Å². The highest BCUT2D eigenvalue weighted by Gasteiger charge is 2.11. The Bertz CT molecular complexity index is 357. The van der Waals surface area contributed by atoms with Gasteiger partial charge in [-0.15, -0.1) is 0 Å². The largest absolute Gasteiger partial charge is 0.349 e. The van der Waals surface area contributed by atoms with Gasteiger partial charge in [-0.05, 0) is 31.0 Å². The molecule has 0 saturated carbocycles. The van der Waals surface area contributed by atoms with Crippen molar-refractivity contribution in [3.05, 3.63) is 35.6 Å². The molecule has 2 nitrogen and oxygen atoms in total. The van der Waals surface area contributed by atoms with Gasteiger partial charge in [-0.2, -0.15) is 0 Å². The van der Waals surface area contributed by atoms with Crippen LogP contribution in [0.15, 0.2) is 24.3 Å². The molecule has 16 heavy (non-hydrogen) atoms. The van der Waals surface area contributed by atoms with Gasteiger partial charge in [0.25, 0.3) is 5.91 Å². The summed E-state index contributed by atoms with van der Waals surface area (Å²) < 4.78 is 12.9. The summed E-state index contributed by atoms with van der Waals surface area (Å²) in [5, 5.41) is 3.72. The van der Waals surface area contributed by atoms with Crippen LogP contribution in [-0.2, 0) is 0 Å². The first kappa shape index (κ1) is 13.2. The predicted molar refractivity (Wildman–Crippen MR) is 66.4 cm³/mol. The molecule has 1 aromatic carbocycles. The SMILES string of the molecule is CCC(CCBr)NC(=O)c1cccc(F)c1. The van der Waals surface area contributed by atoms with E-state index in [1.807, 2.05) is 6.92 Å². The predicted octanol–water partition coefficient (Wildman–Crippen LogP) is 3.12. The van der Waals surface area contributed by atoms with Crippen molar-refractivity contribution in [1.29, 1.82) is 0 Å². The van der Waals surface area contributed by atoms with Gasteiger partial charge >= 0.3 is 0 Å². The molecule has 0 fully saturated rings. The second kappa shape index (κ2) is 6.63. The highest BCUT2D eigenvalue weighted by Crippen LogP contribution is 2.06. The molecule has 0 aliphatic heterocycles. The summed E-state index contributed by atoms with van der Waals surface area (Å²) in [5.74, 6) is -0.603. The first-order valence-corrected chi connectivity index (χ1v) is 6.42. The summed E-state index contributed by atoms with van der Waals surface area (Å²) in [6.07, 6.45) is 1.74. The quantitative estimate of drug-likeness (QED) is 0.829. The number of hydrogen-bond acceptors (Lipinski definition) is 1. The molecule has 0 bridgehead atoms. The minimum absolute atomic E-state index is 0.134. The zero-order valence-corrected chi connectivity index (χ0v) is 10.8. The topological polar surface area (TPSA) is 29.1 Å². The Morgan fingerprint density at radius 1 is 1.56 bits per heavy atom. The second-order valence-electron chi connectivity index (χ2n) is 3.57. The van der Waals surface area contributed by atoms with Crippen LogP contribution < -0.4 is 5.32 Å². The van der Waals surface area contributed by atoms with E-state index in [9.17, 15) is 9.18 Å². The summed E-state index contributed by atoms with van der Waals surface area (Å²) >= 11 is 3.34. The lowest BCUT2D eigenvalue weighted by Gasteiger charge is -2.15. The Balaban J connectivity index is 2.64. The van der Waals surface area contributed by atoms with E-state index in [0.29, 0.717) is 5.56 Å². The molecule has 88 valence electrons. The van der Waals surface area contributed by atoms with E-state index < -0.39 is 0 Å². The van der Waals surface area contributed by atoms with Crippen molar-refractivity contribution in [3.8, 4) is 0 Å². The highest BCUT2D eigenvalue weighted by atomic mass is 79.9. The zero-order valence-electron chi connectivity index (χ0n) is 9.17. The van der Waals surface area contributed by atoms with Gasteiger partial charge in [-0.1, -0.05) is 28.9 Å². The van der Waals surface area contributed by atoms with Crippen LogP contribution in [0.3, 0.4) is 0 Å². The Hall–Kier alpha value is -0.900. The number of nitrogens with one attached hydrogen (secondary N) is 1. The fraction of sp³-hybridized carbons (Fsp3) is 0.417. The fourth-order valence-corrected chi connectivity index (χ4v) is 1.96. The van der Waals surface area contributed by atoms with Crippen molar-refractivity contribution in [3.63, 3.8) is 0 Å². The maximum absolute atomic E-state index is 12.9. The Labute approximate surface area is 103 Å². The van der Waals surface area contributed by atoms with Crippen molar-refractivity contribution < 1.29 is 9.18 Å². The molecule has 1 unspecified atom stereocenters. The summed E-state index contributed by atoms with van der Waals surface area (Å²) in [6, 6.07) is 5.85. The lowest BCUT2D eigenvalue weighted by molar-refractivity contribution is 0.0934. The van der Waals surface area contributed by atoms with E-state index in [1.54, 1.807) is 6.07 Å². The maximum atomic E-state index is 12.9. The van der Waals surface area contributed by atoms with E-state index >= 15 is 0 Å². The van der Waals surface area contributed by atoms with Crippen molar-refractivity contribution in [2.24, 2.45) is 0 Å². The molecule has 0 aliphatic carbocycles. The van der Waals surface area contributed by atoms with Gasteiger partial charge in [0.2, 0.25) is 0 Å². The monoisotopic (exact) mass is 287 g/mol. The molecule has 1 aromatic rings.